The topological polar surface area (TPSA) is 57.7 Å². The first-order chi connectivity index (χ1) is 12.4. The molecule has 3 rings (SSSR count). The predicted octanol–water partition coefficient (Wildman–Crippen LogP) is 2.84. The van der Waals surface area contributed by atoms with Crippen molar-refractivity contribution < 1.29 is 13.2 Å². The van der Waals surface area contributed by atoms with Crippen LogP contribution in [-0.2, 0) is 10.0 Å². The van der Waals surface area contributed by atoms with E-state index in [0.717, 1.165) is 11.1 Å². The van der Waals surface area contributed by atoms with Crippen LogP contribution in [0.5, 0.6) is 0 Å². The summed E-state index contributed by atoms with van der Waals surface area (Å²) in [6.45, 7) is 5.53. The Labute approximate surface area is 155 Å². The lowest BCUT2D eigenvalue weighted by atomic mass is 10.1. The molecule has 2 aromatic rings. The monoisotopic (exact) mass is 372 g/mol. The van der Waals surface area contributed by atoms with E-state index in [1.165, 1.54) is 4.31 Å². The molecule has 1 saturated heterocycles. The van der Waals surface area contributed by atoms with Gasteiger partial charge in [0.05, 0.1) is 4.90 Å². The highest BCUT2D eigenvalue weighted by molar-refractivity contribution is 7.89. The van der Waals surface area contributed by atoms with E-state index in [-0.39, 0.29) is 5.91 Å². The van der Waals surface area contributed by atoms with Gasteiger partial charge < -0.3 is 4.90 Å². The van der Waals surface area contributed by atoms with Crippen molar-refractivity contribution in [2.24, 2.45) is 0 Å². The first-order valence-electron chi connectivity index (χ1n) is 8.81. The van der Waals surface area contributed by atoms with Crippen LogP contribution in [0.15, 0.2) is 53.4 Å². The van der Waals surface area contributed by atoms with Crippen LogP contribution in [0.4, 0.5) is 0 Å². The van der Waals surface area contributed by atoms with Gasteiger partial charge in [-0.25, -0.2) is 8.42 Å². The molecule has 0 saturated carbocycles. The van der Waals surface area contributed by atoms with Gasteiger partial charge in [-0.2, -0.15) is 4.31 Å². The first-order valence-corrected chi connectivity index (χ1v) is 10.2. The summed E-state index contributed by atoms with van der Waals surface area (Å²) >= 11 is 0. The first kappa shape index (κ1) is 18.6. The van der Waals surface area contributed by atoms with Crippen molar-refractivity contribution in [2.45, 2.75) is 25.2 Å². The number of sulfonamides is 1. The van der Waals surface area contributed by atoms with Crippen molar-refractivity contribution in [3.8, 4) is 0 Å². The minimum absolute atomic E-state index is 0.0384. The fourth-order valence-electron chi connectivity index (χ4n) is 3.22. The van der Waals surface area contributed by atoms with Crippen LogP contribution < -0.4 is 0 Å². The maximum Gasteiger partial charge on any atom is 0.253 e. The van der Waals surface area contributed by atoms with Gasteiger partial charge in [0.25, 0.3) is 5.91 Å². The fraction of sp³-hybridized carbons (Fsp3) is 0.350. The summed E-state index contributed by atoms with van der Waals surface area (Å²) in [5.74, 6) is -0.0384. The lowest BCUT2D eigenvalue weighted by molar-refractivity contribution is 0.0764. The molecule has 0 aliphatic carbocycles. The number of benzene rings is 2. The van der Waals surface area contributed by atoms with Crippen molar-refractivity contribution in [1.82, 2.24) is 9.21 Å². The molecule has 6 heteroatoms. The molecule has 26 heavy (non-hydrogen) atoms. The molecule has 5 nitrogen and oxygen atoms in total. The molecule has 1 amide bonds. The summed E-state index contributed by atoms with van der Waals surface area (Å²) in [5.41, 5.74) is 2.60. The van der Waals surface area contributed by atoms with Crippen molar-refractivity contribution in [2.75, 3.05) is 26.2 Å². The summed E-state index contributed by atoms with van der Waals surface area (Å²) < 4.78 is 27.3. The maximum atomic E-state index is 12.9. The largest absolute Gasteiger partial charge is 0.337 e. The molecule has 1 aliphatic rings. The van der Waals surface area contributed by atoms with E-state index in [0.29, 0.717) is 43.1 Å². The van der Waals surface area contributed by atoms with Gasteiger partial charge in [-0.15, -0.1) is 0 Å². The van der Waals surface area contributed by atoms with Gasteiger partial charge in [0.15, 0.2) is 0 Å². The second-order valence-electron chi connectivity index (χ2n) is 6.74. The van der Waals surface area contributed by atoms with Gasteiger partial charge in [-0.1, -0.05) is 29.8 Å². The van der Waals surface area contributed by atoms with Crippen molar-refractivity contribution in [3.63, 3.8) is 0 Å². The molecule has 0 aromatic heterocycles. The zero-order chi connectivity index (χ0) is 18.7. The molecule has 1 aliphatic heterocycles. The quantitative estimate of drug-likeness (QED) is 0.832. The highest BCUT2D eigenvalue weighted by atomic mass is 32.2. The van der Waals surface area contributed by atoms with E-state index in [4.69, 9.17) is 0 Å². The van der Waals surface area contributed by atoms with Crippen LogP contribution in [0, 0.1) is 13.8 Å². The Bertz CT molecular complexity index is 909. The lowest BCUT2D eigenvalue weighted by Gasteiger charge is -2.22. The molecule has 1 heterocycles. The van der Waals surface area contributed by atoms with Crippen LogP contribution in [0.3, 0.4) is 0 Å². The molecule has 0 bridgehead atoms. The van der Waals surface area contributed by atoms with Crippen molar-refractivity contribution in [1.29, 1.82) is 0 Å². The normalized spacial score (nSPS) is 16.3. The minimum atomic E-state index is -3.53. The van der Waals surface area contributed by atoms with E-state index in [9.17, 15) is 13.2 Å². The van der Waals surface area contributed by atoms with Crippen LogP contribution in [-0.4, -0.2) is 49.7 Å². The number of nitrogens with zero attached hydrogens (tertiary/aromatic N) is 2. The summed E-state index contributed by atoms with van der Waals surface area (Å²) in [6, 6.07) is 14.5. The number of hydrogen-bond acceptors (Lipinski definition) is 3. The number of carbonyl (C=O) groups excluding carboxylic acids is 1. The molecule has 0 spiro atoms. The third kappa shape index (κ3) is 3.97. The summed E-state index contributed by atoms with van der Waals surface area (Å²) in [4.78, 5) is 14.8. The standard InChI is InChI=1S/C20H24N2O3S/c1-16-6-3-8-18(14-16)20(23)21-10-5-11-22(13-12-21)26(24,25)19-9-4-7-17(2)15-19/h3-4,6-9,14-15H,5,10-13H2,1-2H3. The lowest BCUT2D eigenvalue weighted by Crippen LogP contribution is -2.37. The Morgan fingerprint density at radius 1 is 0.885 bits per heavy atom. The van der Waals surface area contributed by atoms with E-state index in [1.807, 2.05) is 44.2 Å². The molecule has 2 aromatic carbocycles. The third-order valence-electron chi connectivity index (χ3n) is 4.63. The van der Waals surface area contributed by atoms with Gasteiger partial charge in [0, 0.05) is 31.7 Å². The van der Waals surface area contributed by atoms with Gasteiger partial charge in [-0.3, -0.25) is 4.79 Å². The average Bonchev–Trinajstić information content (AvgIpc) is 2.88. The summed E-state index contributed by atoms with van der Waals surface area (Å²) in [6.07, 6.45) is 0.628. The second kappa shape index (κ2) is 7.60. The van der Waals surface area contributed by atoms with E-state index < -0.39 is 10.0 Å². The molecule has 0 radical (unpaired) electrons. The molecule has 0 unspecified atom stereocenters. The molecular formula is C20H24N2O3S. The zero-order valence-electron chi connectivity index (χ0n) is 15.2. The van der Waals surface area contributed by atoms with Gasteiger partial charge >= 0.3 is 0 Å². The van der Waals surface area contributed by atoms with Crippen molar-refractivity contribution >= 4 is 15.9 Å². The number of amides is 1. The van der Waals surface area contributed by atoms with Crippen LogP contribution in [0.25, 0.3) is 0 Å². The highest BCUT2D eigenvalue weighted by Gasteiger charge is 2.28. The van der Waals surface area contributed by atoms with Gasteiger partial charge in [0.1, 0.15) is 0 Å². The molecule has 1 fully saturated rings. The number of carbonyl (C=O) groups is 1. The number of hydrogen-bond donors (Lipinski definition) is 0. The SMILES string of the molecule is Cc1cccc(C(=O)N2CCCN(S(=O)(=O)c3cccc(C)c3)CC2)c1. The Morgan fingerprint density at radius 2 is 1.58 bits per heavy atom. The van der Waals surface area contributed by atoms with Gasteiger partial charge in [0.2, 0.25) is 10.0 Å². The van der Waals surface area contributed by atoms with E-state index in [2.05, 4.69) is 0 Å². The molecule has 0 N–H and O–H groups in total. The van der Waals surface area contributed by atoms with Crippen LogP contribution >= 0.6 is 0 Å². The number of aryl methyl sites for hydroxylation is 2. The average molecular weight is 372 g/mol. The van der Waals surface area contributed by atoms with E-state index >= 15 is 0 Å². The smallest absolute Gasteiger partial charge is 0.253 e. The Kier molecular flexibility index (Phi) is 5.44. The van der Waals surface area contributed by atoms with E-state index in [1.54, 1.807) is 23.1 Å². The summed E-state index contributed by atoms with van der Waals surface area (Å²) in [5, 5.41) is 0. The molecule has 138 valence electrons. The minimum Gasteiger partial charge on any atom is -0.337 e. The third-order valence-corrected chi connectivity index (χ3v) is 6.53. The van der Waals surface area contributed by atoms with Crippen LogP contribution in [0.2, 0.25) is 0 Å². The molecular weight excluding hydrogens is 348 g/mol. The predicted molar refractivity (Wildman–Crippen MR) is 102 cm³/mol. The second-order valence-corrected chi connectivity index (χ2v) is 8.67. The van der Waals surface area contributed by atoms with Crippen LogP contribution in [0.1, 0.15) is 27.9 Å². The Balaban J connectivity index is 1.75. The zero-order valence-corrected chi connectivity index (χ0v) is 16.0. The number of rotatable bonds is 3. The maximum absolute atomic E-state index is 12.9. The summed E-state index contributed by atoms with van der Waals surface area (Å²) in [7, 11) is -3.53. The van der Waals surface area contributed by atoms with Crippen molar-refractivity contribution in [3.05, 3.63) is 65.2 Å². The Morgan fingerprint density at radius 3 is 2.27 bits per heavy atom. The molecule has 0 atom stereocenters. The van der Waals surface area contributed by atoms with Gasteiger partial charge in [-0.05, 0) is 50.1 Å². The Hall–Kier alpha value is -2.18. The highest BCUT2D eigenvalue weighted by Crippen LogP contribution is 2.19. The fourth-order valence-corrected chi connectivity index (χ4v) is 4.80.